The summed E-state index contributed by atoms with van der Waals surface area (Å²) >= 11 is 0. The number of hydrogen-bond acceptors (Lipinski definition) is 4. The second-order valence-corrected chi connectivity index (χ2v) is 4.13. The number of hydrogen-bond donors (Lipinski definition) is 2. The second-order valence-electron chi connectivity index (χ2n) is 4.13. The Morgan fingerprint density at radius 2 is 1.89 bits per heavy atom. The molecule has 4 nitrogen and oxygen atoms in total. The van der Waals surface area contributed by atoms with Crippen LogP contribution in [0.1, 0.15) is 13.3 Å². The van der Waals surface area contributed by atoms with Crippen LogP contribution in [0.4, 0.5) is 5.69 Å². The zero-order valence-corrected chi connectivity index (χ0v) is 11.4. The van der Waals surface area contributed by atoms with E-state index in [9.17, 15) is 0 Å². The summed E-state index contributed by atoms with van der Waals surface area (Å²) in [7, 11) is 1.72. The van der Waals surface area contributed by atoms with Crippen molar-refractivity contribution in [3.63, 3.8) is 0 Å². The summed E-state index contributed by atoms with van der Waals surface area (Å²) in [5.41, 5.74) is 1.21. The van der Waals surface area contributed by atoms with E-state index in [0.717, 1.165) is 38.3 Å². The van der Waals surface area contributed by atoms with Gasteiger partial charge in [-0.3, -0.25) is 0 Å². The number of ether oxygens (including phenoxy) is 1. The van der Waals surface area contributed by atoms with Gasteiger partial charge >= 0.3 is 0 Å². The average Bonchev–Trinajstić information content (AvgIpc) is 2.48. The maximum absolute atomic E-state index is 7.88. The number of nitrogens with one attached hydrogen (secondary N) is 1. The Bertz CT molecular complexity index is 323. The van der Waals surface area contributed by atoms with Gasteiger partial charge in [-0.15, -0.1) is 0 Å². The minimum absolute atomic E-state index is 0.319. The molecule has 1 fully saturated rings. The summed E-state index contributed by atoms with van der Waals surface area (Å²) in [6.45, 7) is 6.47. The van der Waals surface area contributed by atoms with Crippen LogP contribution in [0.2, 0.25) is 0 Å². The lowest BCUT2D eigenvalue weighted by atomic mass is 10.2. The van der Waals surface area contributed by atoms with E-state index in [1.807, 2.05) is 19.1 Å². The smallest absolute Gasteiger partial charge is 0.142 e. The van der Waals surface area contributed by atoms with Crippen LogP contribution in [0.5, 0.6) is 5.75 Å². The van der Waals surface area contributed by atoms with Crippen LogP contribution in [0, 0.1) is 0 Å². The first-order valence-corrected chi connectivity index (χ1v) is 6.53. The number of rotatable bonds is 3. The third-order valence-corrected chi connectivity index (χ3v) is 2.77. The van der Waals surface area contributed by atoms with Gasteiger partial charge in [0, 0.05) is 32.8 Å². The van der Waals surface area contributed by atoms with Gasteiger partial charge in [-0.1, -0.05) is 19.1 Å². The van der Waals surface area contributed by atoms with E-state index in [4.69, 9.17) is 9.84 Å². The number of anilines is 1. The zero-order valence-electron chi connectivity index (χ0n) is 11.4. The Morgan fingerprint density at radius 3 is 2.44 bits per heavy atom. The summed E-state index contributed by atoms with van der Waals surface area (Å²) in [5.74, 6) is 0.967. The van der Waals surface area contributed by atoms with Crippen molar-refractivity contribution in [2.24, 2.45) is 0 Å². The van der Waals surface area contributed by atoms with Crippen LogP contribution in [-0.2, 0) is 0 Å². The molecule has 1 aliphatic heterocycles. The highest BCUT2D eigenvalue weighted by atomic mass is 16.5. The lowest BCUT2D eigenvalue weighted by Crippen LogP contribution is -2.43. The topological polar surface area (TPSA) is 44.7 Å². The second kappa shape index (κ2) is 8.78. The number of aliphatic hydroxyl groups excluding tert-OH is 1. The van der Waals surface area contributed by atoms with Crippen molar-refractivity contribution in [3.8, 4) is 5.75 Å². The lowest BCUT2D eigenvalue weighted by Gasteiger charge is -2.30. The van der Waals surface area contributed by atoms with E-state index in [1.54, 1.807) is 7.11 Å². The van der Waals surface area contributed by atoms with Gasteiger partial charge in [0.15, 0.2) is 0 Å². The molecule has 0 radical (unpaired) electrons. The SMILES string of the molecule is CCCO.COc1ccccc1N1CCNCC1. The molecule has 1 aromatic rings. The average molecular weight is 252 g/mol. The molecule has 0 aliphatic carbocycles. The van der Waals surface area contributed by atoms with Crippen molar-refractivity contribution in [2.45, 2.75) is 13.3 Å². The van der Waals surface area contributed by atoms with E-state index in [-0.39, 0.29) is 0 Å². The van der Waals surface area contributed by atoms with Gasteiger partial charge in [-0.2, -0.15) is 0 Å². The highest BCUT2D eigenvalue weighted by molar-refractivity contribution is 5.58. The highest BCUT2D eigenvalue weighted by Crippen LogP contribution is 2.27. The fourth-order valence-electron chi connectivity index (χ4n) is 1.80. The van der Waals surface area contributed by atoms with Crippen LogP contribution in [0.3, 0.4) is 0 Å². The minimum Gasteiger partial charge on any atom is -0.495 e. The number of piperazine rings is 1. The fourth-order valence-corrected chi connectivity index (χ4v) is 1.80. The Kier molecular flexibility index (Phi) is 7.22. The van der Waals surface area contributed by atoms with Gasteiger partial charge in [0.05, 0.1) is 12.8 Å². The standard InChI is InChI=1S/C11H16N2O.C3H8O/c1-14-11-5-3-2-4-10(11)13-8-6-12-7-9-13;1-2-3-4/h2-5,12H,6-9H2,1H3;4H,2-3H2,1H3. The predicted octanol–water partition coefficient (Wildman–Crippen LogP) is 1.49. The summed E-state index contributed by atoms with van der Waals surface area (Å²) in [5, 5.41) is 11.2. The maximum atomic E-state index is 7.88. The van der Waals surface area contributed by atoms with Crippen molar-refractivity contribution >= 4 is 5.69 Å². The molecule has 18 heavy (non-hydrogen) atoms. The van der Waals surface area contributed by atoms with Gasteiger partial charge in [0.1, 0.15) is 5.75 Å². The predicted molar refractivity (Wildman–Crippen MR) is 75.5 cm³/mol. The molecule has 0 bridgehead atoms. The molecular weight excluding hydrogens is 228 g/mol. The van der Waals surface area contributed by atoms with E-state index in [2.05, 4.69) is 22.3 Å². The van der Waals surface area contributed by atoms with Crippen LogP contribution in [-0.4, -0.2) is 45.0 Å². The third kappa shape index (κ3) is 4.55. The van der Waals surface area contributed by atoms with Crippen LogP contribution >= 0.6 is 0 Å². The minimum atomic E-state index is 0.319. The molecule has 0 spiro atoms. The number of aliphatic hydroxyl groups is 1. The lowest BCUT2D eigenvalue weighted by molar-refractivity contribution is 0.295. The summed E-state index contributed by atoms with van der Waals surface area (Å²) < 4.78 is 5.34. The molecule has 1 heterocycles. The Balaban J connectivity index is 0.000000357. The van der Waals surface area contributed by atoms with Crippen LogP contribution < -0.4 is 15.0 Å². The molecule has 1 saturated heterocycles. The number of benzene rings is 1. The summed E-state index contributed by atoms with van der Waals surface area (Å²) in [6.07, 6.45) is 0.875. The summed E-state index contributed by atoms with van der Waals surface area (Å²) in [4.78, 5) is 2.36. The van der Waals surface area contributed by atoms with Gasteiger partial charge in [0.25, 0.3) is 0 Å². The molecule has 0 aromatic heterocycles. The molecule has 4 heteroatoms. The van der Waals surface area contributed by atoms with Crippen molar-refractivity contribution in [3.05, 3.63) is 24.3 Å². The Labute approximate surface area is 110 Å². The van der Waals surface area contributed by atoms with Crippen LogP contribution in [0.15, 0.2) is 24.3 Å². The first kappa shape index (κ1) is 14.8. The molecule has 0 saturated carbocycles. The Morgan fingerprint density at radius 1 is 1.28 bits per heavy atom. The molecule has 2 N–H and O–H groups in total. The normalized spacial score (nSPS) is 14.7. The van der Waals surface area contributed by atoms with Gasteiger partial charge in [-0.05, 0) is 18.6 Å². The molecule has 1 aromatic carbocycles. The summed E-state index contributed by atoms with van der Waals surface area (Å²) in [6, 6.07) is 8.19. The van der Waals surface area contributed by atoms with Crippen molar-refractivity contribution < 1.29 is 9.84 Å². The zero-order chi connectivity index (χ0) is 13.2. The van der Waals surface area contributed by atoms with E-state index < -0.39 is 0 Å². The van der Waals surface area contributed by atoms with Crippen LogP contribution in [0.25, 0.3) is 0 Å². The molecule has 0 unspecified atom stereocenters. The van der Waals surface area contributed by atoms with E-state index in [1.165, 1.54) is 5.69 Å². The largest absolute Gasteiger partial charge is 0.495 e. The first-order chi connectivity index (χ1) is 8.83. The van der Waals surface area contributed by atoms with Gasteiger partial charge in [-0.25, -0.2) is 0 Å². The number of nitrogens with zero attached hydrogens (tertiary/aromatic N) is 1. The first-order valence-electron chi connectivity index (χ1n) is 6.53. The third-order valence-electron chi connectivity index (χ3n) is 2.77. The van der Waals surface area contributed by atoms with Crippen molar-refractivity contribution in [1.29, 1.82) is 0 Å². The quantitative estimate of drug-likeness (QED) is 0.855. The molecule has 0 atom stereocenters. The molecule has 0 amide bonds. The monoisotopic (exact) mass is 252 g/mol. The Hall–Kier alpha value is -1.26. The molecule has 102 valence electrons. The maximum Gasteiger partial charge on any atom is 0.142 e. The van der Waals surface area contributed by atoms with Crippen molar-refractivity contribution in [2.75, 3.05) is 44.8 Å². The molecule has 1 aliphatic rings. The van der Waals surface area contributed by atoms with Gasteiger partial charge < -0.3 is 20.1 Å². The molecule has 2 rings (SSSR count). The van der Waals surface area contributed by atoms with Crippen molar-refractivity contribution in [1.82, 2.24) is 5.32 Å². The van der Waals surface area contributed by atoms with Gasteiger partial charge in [0.2, 0.25) is 0 Å². The van der Waals surface area contributed by atoms with E-state index >= 15 is 0 Å². The molecular formula is C14H24N2O2. The number of para-hydroxylation sites is 2. The number of methoxy groups -OCH3 is 1. The fraction of sp³-hybridized carbons (Fsp3) is 0.571. The van der Waals surface area contributed by atoms with E-state index in [0.29, 0.717) is 6.61 Å². The highest BCUT2D eigenvalue weighted by Gasteiger charge is 2.13.